The number of fused-ring (bicyclic) bond motifs is 5. The molecular formula is C23H16OS. The predicted molar refractivity (Wildman–Crippen MR) is 108 cm³/mol. The predicted octanol–water partition coefficient (Wildman–Crippen LogP) is 7.13. The summed E-state index contributed by atoms with van der Waals surface area (Å²) >= 11 is 1.78. The standard InChI is InChI=1S/C23H16OS/c1-25-22-9-5-3-6-17(22)16-11-10-15-12-13-19-18-7-2-4-8-21(18)24-23(19)20(15)14-16/h2-14H,1H3. The van der Waals surface area contributed by atoms with Crippen LogP contribution in [0.2, 0.25) is 0 Å². The van der Waals surface area contributed by atoms with Crippen molar-refractivity contribution in [2.75, 3.05) is 6.26 Å². The number of para-hydroxylation sites is 1. The molecule has 5 rings (SSSR count). The molecule has 0 spiro atoms. The summed E-state index contributed by atoms with van der Waals surface area (Å²) in [5.41, 5.74) is 4.41. The summed E-state index contributed by atoms with van der Waals surface area (Å²) in [5.74, 6) is 0. The lowest BCUT2D eigenvalue weighted by molar-refractivity contribution is 0.672. The van der Waals surface area contributed by atoms with Gasteiger partial charge in [0, 0.05) is 21.1 Å². The van der Waals surface area contributed by atoms with Gasteiger partial charge in [-0.05, 0) is 47.0 Å². The highest BCUT2D eigenvalue weighted by Crippen LogP contribution is 2.37. The van der Waals surface area contributed by atoms with Crippen LogP contribution in [-0.4, -0.2) is 6.26 Å². The summed E-state index contributed by atoms with van der Waals surface area (Å²) < 4.78 is 6.21. The molecule has 2 heteroatoms. The molecule has 0 aliphatic carbocycles. The van der Waals surface area contributed by atoms with Crippen LogP contribution in [0.4, 0.5) is 0 Å². The normalized spacial score (nSPS) is 11.6. The van der Waals surface area contributed by atoms with Gasteiger partial charge in [-0.25, -0.2) is 0 Å². The number of furan rings is 1. The van der Waals surface area contributed by atoms with Crippen molar-refractivity contribution in [2.24, 2.45) is 0 Å². The Hall–Kier alpha value is -2.71. The van der Waals surface area contributed by atoms with E-state index in [1.54, 1.807) is 11.8 Å². The molecule has 1 heterocycles. The van der Waals surface area contributed by atoms with E-state index < -0.39 is 0 Å². The van der Waals surface area contributed by atoms with Gasteiger partial charge >= 0.3 is 0 Å². The fourth-order valence-electron chi connectivity index (χ4n) is 3.55. The Morgan fingerprint density at radius 1 is 0.720 bits per heavy atom. The smallest absolute Gasteiger partial charge is 0.143 e. The number of hydrogen-bond donors (Lipinski definition) is 0. The van der Waals surface area contributed by atoms with Crippen LogP contribution in [0.25, 0.3) is 43.8 Å². The van der Waals surface area contributed by atoms with Crippen LogP contribution in [0.1, 0.15) is 0 Å². The van der Waals surface area contributed by atoms with Gasteiger partial charge in [0.05, 0.1) is 0 Å². The van der Waals surface area contributed by atoms with Crippen LogP contribution < -0.4 is 0 Å². The first-order valence-corrected chi connectivity index (χ1v) is 9.55. The third-order valence-corrected chi connectivity index (χ3v) is 5.58. The average molecular weight is 340 g/mol. The van der Waals surface area contributed by atoms with Gasteiger partial charge in [0.25, 0.3) is 0 Å². The molecule has 0 N–H and O–H groups in total. The van der Waals surface area contributed by atoms with Gasteiger partial charge < -0.3 is 4.42 Å². The van der Waals surface area contributed by atoms with Crippen LogP contribution in [-0.2, 0) is 0 Å². The van der Waals surface area contributed by atoms with E-state index in [1.807, 2.05) is 12.1 Å². The first-order chi connectivity index (χ1) is 12.3. The lowest BCUT2D eigenvalue weighted by atomic mass is 9.99. The largest absolute Gasteiger partial charge is 0.455 e. The fourth-order valence-corrected chi connectivity index (χ4v) is 4.17. The van der Waals surface area contributed by atoms with E-state index in [0.29, 0.717) is 0 Å². The van der Waals surface area contributed by atoms with E-state index in [1.165, 1.54) is 37.6 Å². The molecule has 0 saturated carbocycles. The van der Waals surface area contributed by atoms with Gasteiger partial charge in [0.2, 0.25) is 0 Å². The summed E-state index contributed by atoms with van der Waals surface area (Å²) in [6, 6.07) is 27.8. The second kappa shape index (κ2) is 5.68. The van der Waals surface area contributed by atoms with Crippen molar-refractivity contribution in [2.45, 2.75) is 4.90 Å². The van der Waals surface area contributed by atoms with E-state index in [9.17, 15) is 0 Å². The summed E-state index contributed by atoms with van der Waals surface area (Å²) in [6.45, 7) is 0. The zero-order valence-electron chi connectivity index (χ0n) is 13.8. The molecule has 0 radical (unpaired) electrons. The highest BCUT2D eigenvalue weighted by Gasteiger charge is 2.11. The van der Waals surface area contributed by atoms with Gasteiger partial charge in [-0.1, -0.05) is 54.6 Å². The first-order valence-electron chi connectivity index (χ1n) is 8.32. The van der Waals surface area contributed by atoms with Crippen LogP contribution in [0.3, 0.4) is 0 Å². The highest BCUT2D eigenvalue weighted by atomic mass is 32.2. The molecule has 0 unspecified atom stereocenters. The number of benzene rings is 4. The summed E-state index contributed by atoms with van der Waals surface area (Å²) in [6.07, 6.45) is 2.12. The number of thioether (sulfide) groups is 1. The van der Waals surface area contributed by atoms with Crippen LogP contribution in [0, 0.1) is 0 Å². The van der Waals surface area contributed by atoms with Crippen LogP contribution in [0.15, 0.2) is 88.2 Å². The van der Waals surface area contributed by atoms with Crippen molar-refractivity contribution >= 4 is 44.5 Å². The fraction of sp³-hybridized carbons (Fsp3) is 0.0435. The van der Waals surface area contributed by atoms with E-state index in [0.717, 1.165) is 11.2 Å². The highest BCUT2D eigenvalue weighted by molar-refractivity contribution is 7.98. The third kappa shape index (κ3) is 2.25. The van der Waals surface area contributed by atoms with Crippen molar-refractivity contribution in [1.82, 2.24) is 0 Å². The van der Waals surface area contributed by atoms with E-state index in [-0.39, 0.29) is 0 Å². The quantitative estimate of drug-likeness (QED) is 0.317. The molecule has 5 aromatic rings. The lowest BCUT2D eigenvalue weighted by Gasteiger charge is -2.09. The molecule has 0 aliphatic rings. The molecule has 0 atom stereocenters. The van der Waals surface area contributed by atoms with Gasteiger partial charge in [-0.2, -0.15) is 0 Å². The third-order valence-electron chi connectivity index (χ3n) is 4.78. The van der Waals surface area contributed by atoms with Crippen LogP contribution in [0.5, 0.6) is 0 Å². The van der Waals surface area contributed by atoms with Crippen molar-refractivity contribution in [3.8, 4) is 11.1 Å². The van der Waals surface area contributed by atoms with Crippen molar-refractivity contribution < 1.29 is 4.42 Å². The van der Waals surface area contributed by atoms with E-state index in [4.69, 9.17) is 4.42 Å². The topological polar surface area (TPSA) is 13.1 Å². The Kier molecular flexibility index (Phi) is 3.32. The molecule has 25 heavy (non-hydrogen) atoms. The van der Waals surface area contributed by atoms with E-state index >= 15 is 0 Å². The second-order valence-corrected chi connectivity index (χ2v) is 7.02. The van der Waals surface area contributed by atoms with Gasteiger partial charge in [-0.3, -0.25) is 0 Å². The average Bonchev–Trinajstić information content (AvgIpc) is 3.07. The van der Waals surface area contributed by atoms with Gasteiger partial charge in [0.1, 0.15) is 11.2 Å². The molecular weight excluding hydrogens is 324 g/mol. The molecule has 1 aromatic heterocycles. The minimum Gasteiger partial charge on any atom is -0.455 e. The summed E-state index contributed by atoms with van der Waals surface area (Å²) in [7, 11) is 0. The monoisotopic (exact) mass is 340 g/mol. The minimum atomic E-state index is 0.944. The van der Waals surface area contributed by atoms with Gasteiger partial charge in [0.15, 0.2) is 0 Å². The molecule has 0 fully saturated rings. The van der Waals surface area contributed by atoms with Crippen LogP contribution >= 0.6 is 11.8 Å². The van der Waals surface area contributed by atoms with Gasteiger partial charge in [-0.15, -0.1) is 11.8 Å². The molecule has 0 saturated heterocycles. The Morgan fingerprint density at radius 3 is 2.44 bits per heavy atom. The van der Waals surface area contributed by atoms with Crippen molar-refractivity contribution in [1.29, 1.82) is 0 Å². The Balaban J connectivity index is 1.85. The molecule has 0 aliphatic heterocycles. The lowest BCUT2D eigenvalue weighted by Crippen LogP contribution is -1.83. The second-order valence-electron chi connectivity index (χ2n) is 6.18. The first kappa shape index (κ1) is 14.6. The maximum Gasteiger partial charge on any atom is 0.143 e. The van der Waals surface area contributed by atoms with Crippen molar-refractivity contribution in [3.05, 3.63) is 78.9 Å². The van der Waals surface area contributed by atoms with E-state index in [2.05, 4.69) is 73.0 Å². The molecule has 0 bridgehead atoms. The number of rotatable bonds is 2. The molecule has 0 amide bonds. The molecule has 1 nitrogen and oxygen atoms in total. The maximum atomic E-state index is 6.21. The molecule has 120 valence electrons. The molecule has 4 aromatic carbocycles. The summed E-state index contributed by atoms with van der Waals surface area (Å²) in [5, 5.41) is 4.73. The Labute approximate surface area is 150 Å². The Bertz CT molecular complexity index is 1230. The zero-order valence-corrected chi connectivity index (χ0v) is 14.6. The number of hydrogen-bond acceptors (Lipinski definition) is 2. The SMILES string of the molecule is CSc1ccccc1-c1ccc2ccc3c4ccccc4oc3c2c1. The summed E-state index contributed by atoms with van der Waals surface area (Å²) in [4.78, 5) is 1.29. The minimum absolute atomic E-state index is 0.944. The Morgan fingerprint density at radius 2 is 1.52 bits per heavy atom. The maximum absolute atomic E-state index is 6.21. The van der Waals surface area contributed by atoms with Crippen molar-refractivity contribution in [3.63, 3.8) is 0 Å². The zero-order chi connectivity index (χ0) is 16.8.